The minimum atomic E-state index is -0.559. The number of benzene rings is 1. The Morgan fingerprint density at radius 2 is 2.19 bits per heavy atom. The fourth-order valence-corrected chi connectivity index (χ4v) is 3.73. The van der Waals surface area contributed by atoms with Gasteiger partial charge in [0.1, 0.15) is 5.82 Å². The number of anilines is 1. The molecule has 2 saturated carbocycles. The topological polar surface area (TPSA) is 67.2 Å². The van der Waals surface area contributed by atoms with Crippen molar-refractivity contribution in [3.63, 3.8) is 0 Å². The standard InChI is InChI=1S/C14H16FN3O2S/c15-11-4-3-10(18(19)20)7-13(11)17-14(21)16-12-6-8-1-2-9(12)5-8/h3-4,7-9,12H,1-2,5-6H2,(H2,16,17,21)/t8-,9-,12+/m1/s1. The molecule has 3 atom stereocenters. The number of nitrogens with one attached hydrogen (secondary N) is 2. The molecule has 2 fully saturated rings. The van der Waals surface area contributed by atoms with Crippen LogP contribution in [0.3, 0.4) is 0 Å². The van der Waals surface area contributed by atoms with Crippen molar-refractivity contribution in [2.45, 2.75) is 31.7 Å². The highest BCUT2D eigenvalue weighted by atomic mass is 32.1. The van der Waals surface area contributed by atoms with Crippen LogP contribution >= 0.6 is 12.2 Å². The van der Waals surface area contributed by atoms with Crippen LogP contribution in [0.25, 0.3) is 0 Å². The minimum Gasteiger partial charge on any atom is -0.359 e. The first kappa shape index (κ1) is 14.2. The Morgan fingerprint density at radius 1 is 1.38 bits per heavy atom. The number of nitrogens with zero attached hydrogens (tertiary/aromatic N) is 1. The summed E-state index contributed by atoms with van der Waals surface area (Å²) in [6.45, 7) is 0. The average Bonchev–Trinajstić information content (AvgIpc) is 3.03. The number of fused-ring (bicyclic) bond motifs is 2. The average molecular weight is 309 g/mol. The third-order valence-corrected chi connectivity index (χ3v) is 4.68. The molecule has 5 nitrogen and oxygen atoms in total. The van der Waals surface area contributed by atoms with Crippen LogP contribution in [-0.2, 0) is 0 Å². The first-order chi connectivity index (χ1) is 10.0. The lowest BCUT2D eigenvalue weighted by molar-refractivity contribution is -0.384. The highest BCUT2D eigenvalue weighted by Gasteiger charge is 2.39. The second kappa shape index (κ2) is 5.55. The normalized spacial score (nSPS) is 26.6. The zero-order valence-corrected chi connectivity index (χ0v) is 12.2. The van der Waals surface area contributed by atoms with Crippen LogP contribution in [0.2, 0.25) is 0 Å². The maximum Gasteiger partial charge on any atom is 0.271 e. The molecule has 0 amide bonds. The molecule has 3 rings (SSSR count). The van der Waals surface area contributed by atoms with E-state index in [0.29, 0.717) is 17.1 Å². The summed E-state index contributed by atoms with van der Waals surface area (Å²) in [6.07, 6.45) is 4.86. The number of non-ortho nitro benzene ring substituents is 1. The number of nitro groups is 1. The van der Waals surface area contributed by atoms with Crippen molar-refractivity contribution in [2.75, 3.05) is 5.32 Å². The molecule has 0 aliphatic heterocycles. The maximum absolute atomic E-state index is 13.7. The fraction of sp³-hybridized carbons (Fsp3) is 0.500. The van der Waals surface area contributed by atoms with Gasteiger partial charge in [0.25, 0.3) is 5.69 Å². The molecule has 112 valence electrons. The molecule has 1 aromatic rings. The summed E-state index contributed by atoms with van der Waals surface area (Å²) in [7, 11) is 0. The number of hydrogen-bond acceptors (Lipinski definition) is 3. The van der Waals surface area contributed by atoms with Crippen molar-refractivity contribution >= 4 is 28.7 Å². The highest BCUT2D eigenvalue weighted by Crippen LogP contribution is 2.44. The Hall–Kier alpha value is -1.76. The van der Waals surface area contributed by atoms with Gasteiger partial charge in [0.05, 0.1) is 10.6 Å². The van der Waals surface area contributed by atoms with Gasteiger partial charge in [0.2, 0.25) is 0 Å². The minimum absolute atomic E-state index is 0.0323. The highest BCUT2D eigenvalue weighted by molar-refractivity contribution is 7.80. The summed E-state index contributed by atoms with van der Waals surface area (Å²) in [4.78, 5) is 10.2. The van der Waals surface area contributed by atoms with Crippen LogP contribution in [0.15, 0.2) is 18.2 Å². The molecule has 0 spiro atoms. The van der Waals surface area contributed by atoms with Gasteiger partial charge in [-0.25, -0.2) is 4.39 Å². The molecule has 2 aliphatic carbocycles. The third-order valence-electron chi connectivity index (χ3n) is 4.46. The summed E-state index contributed by atoms with van der Waals surface area (Å²) in [5, 5.41) is 17.0. The largest absolute Gasteiger partial charge is 0.359 e. The van der Waals surface area contributed by atoms with Crippen molar-refractivity contribution in [1.29, 1.82) is 0 Å². The summed E-state index contributed by atoms with van der Waals surface area (Å²) in [6, 6.07) is 3.70. The molecule has 0 aromatic heterocycles. The van der Waals surface area contributed by atoms with E-state index >= 15 is 0 Å². The first-order valence-corrected chi connectivity index (χ1v) is 7.45. The van der Waals surface area contributed by atoms with E-state index in [4.69, 9.17) is 12.2 Å². The van der Waals surface area contributed by atoms with Gasteiger partial charge in [0.15, 0.2) is 5.11 Å². The Kier molecular flexibility index (Phi) is 3.75. The lowest BCUT2D eigenvalue weighted by Gasteiger charge is -2.24. The number of thiocarbonyl (C=S) groups is 1. The molecule has 0 saturated heterocycles. The molecule has 0 unspecified atom stereocenters. The van der Waals surface area contributed by atoms with E-state index in [2.05, 4.69) is 10.6 Å². The van der Waals surface area contributed by atoms with E-state index in [9.17, 15) is 14.5 Å². The van der Waals surface area contributed by atoms with Crippen LogP contribution < -0.4 is 10.6 Å². The number of rotatable bonds is 3. The first-order valence-electron chi connectivity index (χ1n) is 7.04. The molecular weight excluding hydrogens is 293 g/mol. The Balaban J connectivity index is 1.64. The van der Waals surface area contributed by atoms with Crippen LogP contribution in [0, 0.1) is 27.8 Å². The second-order valence-corrected chi connectivity index (χ2v) is 6.21. The maximum atomic E-state index is 13.7. The number of halogens is 1. The summed E-state index contributed by atoms with van der Waals surface area (Å²) >= 11 is 5.20. The lowest BCUT2D eigenvalue weighted by Crippen LogP contribution is -2.40. The number of nitro benzene ring substituents is 1. The van der Waals surface area contributed by atoms with Crippen LogP contribution in [0.4, 0.5) is 15.8 Å². The molecule has 2 N–H and O–H groups in total. The quantitative estimate of drug-likeness (QED) is 0.510. The van der Waals surface area contributed by atoms with Gasteiger partial charge in [0, 0.05) is 18.2 Å². The van der Waals surface area contributed by atoms with Gasteiger partial charge in [-0.2, -0.15) is 0 Å². The van der Waals surface area contributed by atoms with Crippen molar-refractivity contribution in [1.82, 2.24) is 5.32 Å². The van der Waals surface area contributed by atoms with Gasteiger partial charge in [-0.1, -0.05) is 6.42 Å². The van der Waals surface area contributed by atoms with Gasteiger partial charge < -0.3 is 10.6 Å². The summed E-state index contributed by atoms with van der Waals surface area (Å²) in [5.41, 5.74) is -0.133. The Morgan fingerprint density at radius 3 is 2.81 bits per heavy atom. The molecule has 21 heavy (non-hydrogen) atoms. The molecule has 0 radical (unpaired) electrons. The third kappa shape index (κ3) is 2.97. The molecule has 1 aromatic carbocycles. The van der Waals surface area contributed by atoms with Crippen molar-refractivity contribution in [3.05, 3.63) is 34.1 Å². The van der Waals surface area contributed by atoms with Gasteiger partial charge >= 0.3 is 0 Å². The predicted molar refractivity (Wildman–Crippen MR) is 81.6 cm³/mol. The Bertz CT molecular complexity index is 596. The molecule has 2 bridgehead atoms. The molecule has 7 heteroatoms. The smallest absolute Gasteiger partial charge is 0.271 e. The zero-order valence-electron chi connectivity index (χ0n) is 11.3. The lowest BCUT2D eigenvalue weighted by atomic mass is 9.96. The van der Waals surface area contributed by atoms with Crippen LogP contribution in [-0.4, -0.2) is 16.1 Å². The number of hydrogen-bond donors (Lipinski definition) is 2. The fourth-order valence-electron chi connectivity index (χ4n) is 3.47. The Labute approximate surface area is 127 Å². The van der Waals surface area contributed by atoms with E-state index in [1.54, 1.807) is 0 Å². The van der Waals surface area contributed by atoms with Crippen LogP contribution in [0.5, 0.6) is 0 Å². The van der Waals surface area contributed by atoms with Crippen molar-refractivity contribution < 1.29 is 9.31 Å². The van der Waals surface area contributed by atoms with E-state index < -0.39 is 10.7 Å². The summed E-state index contributed by atoms with van der Waals surface area (Å²) in [5.74, 6) is 0.868. The molecular formula is C14H16FN3O2S. The SMILES string of the molecule is O=[N+]([O-])c1ccc(F)c(NC(=S)N[C@H]2C[C@@H]3CC[C@@H]2C3)c1. The van der Waals surface area contributed by atoms with Crippen molar-refractivity contribution in [3.8, 4) is 0 Å². The van der Waals surface area contributed by atoms with Crippen molar-refractivity contribution in [2.24, 2.45) is 11.8 Å². The van der Waals surface area contributed by atoms with E-state index in [-0.39, 0.29) is 11.4 Å². The van der Waals surface area contributed by atoms with Gasteiger partial charge in [-0.15, -0.1) is 0 Å². The van der Waals surface area contributed by atoms with E-state index in [1.165, 1.54) is 19.3 Å². The molecule has 0 heterocycles. The van der Waals surface area contributed by atoms with E-state index in [1.807, 2.05) is 0 Å². The van der Waals surface area contributed by atoms with E-state index in [0.717, 1.165) is 30.5 Å². The monoisotopic (exact) mass is 309 g/mol. The molecule has 2 aliphatic rings. The van der Waals surface area contributed by atoms with Gasteiger partial charge in [-0.3, -0.25) is 10.1 Å². The predicted octanol–water partition coefficient (Wildman–Crippen LogP) is 3.21. The zero-order chi connectivity index (χ0) is 15.0. The van der Waals surface area contributed by atoms with Crippen LogP contribution in [0.1, 0.15) is 25.7 Å². The second-order valence-electron chi connectivity index (χ2n) is 5.80. The summed E-state index contributed by atoms with van der Waals surface area (Å²) < 4.78 is 13.7. The van der Waals surface area contributed by atoms with Gasteiger partial charge in [-0.05, 0) is 49.4 Å².